The predicted molar refractivity (Wildman–Crippen MR) is 109 cm³/mol. The van der Waals surface area contributed by atoms with Crippen molar-refractivity contribution in [2.75, 3.05) is 29.9 Å². The second-order valence-corrected chi connectivity index (χ2v) is 6.59. The van der Waals surface area contributed by atoms with E-state index in [2.05, 4.69) is 37.5 Å². The molecular formula is C21H20N6O. The highest BCUT2D eigenvalue weighted by Gasteiger charge is 2.25. The van der Waals surface area contributed by atoms with Crippen LogP contribution in [-0.2, 0) is 6.42 Å². The van der Waals surface area contributed by atoms with E-state index in [0.29, 0.717) is 19.1 Å². The number of aromatic nitrogens is 4. The maximum atomic E-state index is 5.73. The highest BCUT2D eigenvalue weighted by atomic mass is 16.5. The first kappa shape index (κ1) is 16.6. The van der Waals surface area contributed by atoms with Crippen molar-refractivity contribution in [3.8, 4) is 5.75 Å². The lowest BCUT2D eigenvalue weighted by atomic mass is 10.1. The third-order valence-corrected chi connectivity index (χ3v) is 4.77. The Morgan fingerprint density at radius 1 is 1.00 bits per heavy atom. The number of H-pyrrole nitrogens is 1. The van der Waals surface area contributed by atoms with Crippen LogP contribution in [0.5, 0.6) is 5.75 Å². The van der Waals surface area contributed by atoms with E-state index >= 15 is 0 Å². The van der Waals surface area contributed by atoms with Crippen molar-refractivity contribution >= 4 is 28.5 Å². The van der Waals surface area contributed by atoms with Gasteiger partial charge in [-0.1, -0.05) is 36.4 Å². The summed E-state index contributed by atoms with van der Waals surface area (Å²) in [6.07, 6.45) is 0.864. The van der Waals surface area contributed by atoms with Crippen molar-refractivity contribution in [3.05, 3.63) is 66.4 Å². The zero-order chi connectivity index (χ0) is 18.8. The van der Waals surface area contributed by atoms with Gasteiger partial charge in [-0.15, -0.1) is 0 Å². The van der Waals surface area contributed by atoms with Gasteiger partial charge >= 0.3 is 0 Å². The molecule has 2 aromatic carbocycles. The Kier molecular flexibility index (Phi) is 4.25. The lowest BCUT2D eigenvalue weighted by Gasteiger charge is -2.27. The van der Waals surface area contributed by atoms with Gasteiger partial charge in [0.2, 0.25) is 5.95 Å². The fourth-order valence-electron chi connectivity index (χ4n) is 3.46. The number of hydrogen-bond acceptors (Lipinski definition) is 6. The Morgan fingerprint density at radius 2 is 1.79 bits per heavy atom. The topological polar surface area (TPSA) is 79.0 Å². The van der Waals surface area contributed by atoms with E-state index in [1.807, 2.05) is 48.5 Å². The lowest BCUT2D eigenvalue weighted by molar-refractivity contribution is 0.332. The molecule has 28 heavy (non-hydrogen) atoms. The van der Waals surface area contributed by atoms with Crippen LogP contribution in [0.4, 0.5) is 17.5 Å². The molecule has 0 bridgehead atoms. The van der Waals surface area contributed by atoms with Crippen molar-refractivity contribution in [3.63, 3.8) is 0 Å². The smallest absolute Gasteiger partial charge is 0.226 e. The number of rotatable bonds is 6. The first-order valence-corrected chi connectivity index (χ1v) is 9.38. The molecule has 0 amide bonds. The van der Waals surface area contributed by atoms with E-state index in [-0.39, 0.29) is 0 Å². The summed E-state index contributed by atoms with van der Waals surface area (Å²) in [5.41, 5.74) is 2.90. The molecule has 1 aliphatic heterocycles. The van der Waals surface area contributed by atoms with Crippen LogP contribution in [0.1, 0.15) is 5.69 Å². The zero-order valence-corrected chi connectivity index (χ0v) is 15.3. The van der Waals surface area contributed by atoms with E-state index in [4.69, 9.17) is 9.72 Å². The van der Waals surface area contributed by atoms with Crippen molar-refractivity contribution in [1.29, 1.82) is 0 Å². The van der Waals surface area contributed by atoms with Crippen molar-refractivity contribution in [2.24, 2.45) is 0 Å². The van der Waals surface area contributed by atoms with Crippen LogP contribution in [0.25, 0.3) is 11.0 Å². The number of hydrogen-bond donors (Lipinski definition) is 2. The molecule has 140 valence electrons. The van der Waals surface area contributed by atoms with Crippen LogP contribution in [0.3, 0.4) is 0 Å². The van der Waals surface area contributed by atoms with Crippen LogP contribution in [0.15, 0.2) is 60.7 Å². The molecule has 3 heterocycles. The Balaban J connectivity index is 1.38. The lowest BCUT2D eigenvalue weighted by Crippen LogP contribution is -2.26. The van der Waals surface area contributed by atoms with E-state index in [0.717, 1.165) is 46.9 Å². The molecule has 0 radical (unpaired) electrons. The summed E-state index contributed by atoms with van der Waals surface area (Å²) in [6.45, 7) is 1.97. The summed E-state index contributed by atoms with van der Waals surface area (Å²) in [7, 11) is 0. The molecule has 5 rings (SSSR count). The Bertz CT molecular complexity index is 1080. The van der Waals surface area contributed by atoms with E-state index in [1.54, 1.807) is 0 Å². The Hall–Kier alpha value is -3.61. The molecule has 0 fully saturated rings. The number of nitrogens with zero attached hydrogens (tertiary/aromatic N) is 4. The fraction of sp³-hybridized carbons (Fsp3) is 0.190. The standard InChI is InChI=1S/C21H20N6O/c1-3-7-15(8-4-1)27-13-11-17-18-19(26-25-17)23-21(24-20(18)27)22-12-14-28-16-9-5-2-6-10-16/h1-10H,11-14H2,(H2,22,23,24,25,26). The largest absolute Gasteiger partial charge is 0.492 e. The normalized spacial score (nSPS) is 12.9. The van der Waals surface area contributed by atoms with Gasteiger partial charge in [0, 0.05) is 18.7 Å². The summed E-state index contributed by atoms with van der Waals surface area (Å²) in [5, 5.41) is 11.7. The molecular weight excluding hydrogens is 352 g/mol. The molecule has 0 saturated heterocycles. The minimum Gasteiger partial charge on any atom is -0.492 e. The second-order valence-electron chi connectivity index (χ2n) is 6.59. The van der Waals surface area contributed by atoms with Crippen LogP contribution in [0, 0.1) is 0 Å². The minimum absolute atomic E-state index is 0.525. The number of benzene rings is 2. The molecule has 0 atom stereocenters. The molecule has 2 aromatic heterocycles. The average molecular weight is 372 g/mol. The van der Waals surface area contributed by atoms with Crippen LogP contribution >= 0.6 is 0 Å². The summed E-state index contributed by atoms with van der Waals surface area (Å²) in [4.78, 5) is 11.6. The number of ether oxygens (including phenoxy) is 1. The van der Waals surface area contributed by atoms with Gasteiger partial charge in [-0.25, -0.2) is 0 Å². The van der Waals surface area contributed by atoms with E-state index in [9.17, 15) is 0 Å². The molecule has 1 aliphatic rings. The van der Waals surface area contributed by atoms with Gasteiger partial charge in [-0.3, -0.25) is 5.10 Å². The SMILES string of the molecule is c1ccc(OCCNc2nc3c4c(n[nH]c4n2)CCN3c2ccccc2)cc1. The molecule has 0 spiro atoms. The minimum atomic E-state index is 0.525. The van der Waals surface area contributed by atoms with Crippen molar-refractivity contribution < 1.29 is 4.74 Å². The molecule has 0 aliphatic carbocycles. The summed E-state index contributed by atoms with van der Waals surface area (Å²) in [5.74, 6) is 2.30. The van der Waals surface area contributed by atoms with Crippen LogP contribution < -0.4 is 15.0 Å². The van der Waals surface area contributed by atoms with Gasteiger partial charge in [-0.05, 0) is 24.3 Å². The van der Waals surface area contributed by atoms with Gasteiger partial charge in [-0.2, -0.15) is 15.1 Å². The monoisotopic (exact) mass is 372 g/mol. The Labute approximate surface area is 162 Å². The first-order valence-electron chi connectivity index (χ1n) is 9.38. The highest BCUT2D eigenvalue weighted by Crippen LogP contribution is 2.35. The third kappa shape index (κ3) is 3.11. The van der Waals surface area contributed by atoms with Gasteiger partial charge in [0.05, 0.1) is 17.6 Å². The molecule has 0 saturated carbocycles. The second kappa shape index (κ2) is 7.19. The molecule has 0 unspecified atom stereocenters. The third-order valence-electron chi connectivity index (χ3n) is 4.77. The number of anilines is 3. The van der Waals surface area contributed by atoms with E-state index in [1.165, 1.54) is 0 Å². The number of nitrogens with one attached hydrogen (secondary N) is 2. The molecule has 4 aromatic rings. The molecule has 7 nitrogen and oxygen atoms in total. The highest BCUT2D eigenvalue weighted by molar-refractivity contribution is 5.94. The van der Waals surface area contributed by atoms with Crippen LogP contribution in [-0.4, -0.2) is 39.9 Å². The zero-order valence-electron chi connectivity index (χ0n) is 15.3. The summed E-state index contributed by atoms with van der Waals surface area (Å²) in [6, 6.07) is 20.1. The predicted octanol–water partition coefficient (Wildman–Crippen LogP) is 3.54. The van der Waals surface area contributed by atoms with Gasteiger partial charge in [0.25, 0.3) is 0 Å². The number of aromatic amines is 1. The average Bonchev–Trinajstić information content (AvgIpc) is 3.17. The van der Waals surface area contributed by atoms with E-state index < -0.39 is 0 Å². The summed E-state index contributed by atoms with van der Waals surface area (Å²) < 4.78 is 5.73. The van der Waals surface area contributed by atoms with Gasteiger partial charge in [0.15, 0.2) is 5.65 Å². The van der Waals surface area contributed by atoms with Gasteiger partial charge < -0.3 is 15.0 Å². The molecule has 7 heteroatoms. The fourth-order valence-corrected chi connectivity index (χ4v) is 3.46. The summed E-state index contributed by atoms with van der Waals surface area (Å²) >= 11 is 0. The molecule has 2 N–H and O–H groups in total. The first-order chi connectivity index (χ1) is 13.9. The Morgan fingerprint density at radius 3 is 2.61 bits per heavy atom. The van der Waals surface area contributed by atoms with Gasteiger partial charge in [0.1, 0.15) is 18.2 Å². The number of para-hydroxylation sites is 2. The maximum Gasteiger partial charge on any atom is 0.226 e. The van der Waals surface area contributed by atoms with Crippen molar-refractivity contribution in [2.45, 2.75) is 6.42 Å². The van der Waals surface area contributed by atoms with Crippen LogP contribution in [0.2, 0.25) is 0 Å². The quantitative estimate of drug-likeness (QED) is 0.504. The van der Waals surface area contributed by atoms with Crippen molar-refractivity contribution in [1.82, 2.24) is 20.2 Å². The maximum absolute atomic E-state index is 5.73.